The molecule has 5 heteroatoms. The van der Waals surface area contributed by atoms with E-state index in [9.17, 15) is 5.11 Å². The number of anilines is 2. The number of nitrogens with zero attached hydrogens (tertiary/aromatic N) is 1. The second kappa shape index (κ2) is 4.48. The average Bonchev–Trinajstić information content (AvgIpc) is 2.76. The largest absolute Gasteiger partial charge is 0.506 e. The zero-order chi connectivity index (χ0) is 12.5. The lowest BCUT2D eigenvalue weighted by Crippen LogP contribution is -1.88. The van der Waals surface area contributed by atoms with Crippen LogP contribution in [0.3, 0.4) is 0 Å². The van der Waals surface area contributed by atoms with E-state index in [1.165, 1.54) is 0 Å². The van der Waals surface area contributed by atoms with Gasteiger partial charge in [0.15, 0.2) is 5.13 Å². The van der Waals surface area contributed by atoms with Crippen LogP contribution in [0.15, 0.2) is 42.5 Å². The molecule has 0 aliphatic carbocycles. The number of nitrogens with one attached hydrogen (secondary N) is 1. The van der Waals surface area contributed by atoms with Gasteiger partial charge in [0, 0.05) is 11.8 Å². The summed E-state index contributed by atoms with van der Waals surface area (Å²) in [5, 5.41) is 13.8. The zero-order valence-corrected chi connectivity index (χ0v) is 10.8. The van der Waals surface area contributed by atoms with Gasteiger partial charge in [0.1, 0.15) is 5.75 Å². The van der Waals surface area contributed by atoms with Crippen LogP contribution in [-0.2, 0) is 0 Å². The number of benzene rings is 2. The molecular weight excluding hydrogens is 268 g/mol. The summed E-state index contributed by atoms with van der Waals surface area (Å²) in [6, 6.07) is 13.0. The van der Waals surface area contributed by atoms with E-state index in [2.05, 4.69) is 10.3 Å². The number of thiazole rings is 1. The van der Waals surface area contributed by atoms with E-state index < -0.39 is 0 Å². The van der Waals surface area contributed by atoms with E-state index in [0.29, 0.717) is 5.02 Å². The zero-order valence-electron chi connectivity index (χ0n) is 9.22. The first kappa shape index (κ1) is 11.3. The maximum absolute atomic E-state index is 9.53. The lowest BCUT2D eigenvalue weighted by molar-refractivity contribution is 0.476. The van der Waals surface area contributed by atoms with Gasteiger partial charge >= 0.3 is 0 Å². The Kier molecular flexibility index (Phi) is 2.81. The van der Waals surface area contributed by atoms with Gasteiger partial charge in [0.2, 0.25) is 0 Å². The SMILES string of the molecule is Oc1cc(Nc2nc3ccccc3s2)ccc1Cl. The lowest BCUT2D eigenvalue weighted by Gasteiger charge is -2.03. The number of halogens is 1. The fourth-order valence-corrected chi connectivity index (χ4v) is 2.64. The molecule has 0 saturated heterocycles. The maximum atomic E-state index is 9.53. The van der Waals surface area contributed by atoms with Crippen LogP contribution >= 0.6 is 22.9 Å². The minimum Gasteiger partial charge on any atom is -0.506 e. The van der Waals surface area contributed by atoms with Gasteiger partial charge in [0.25, 0.3) is 0 Å². The molecule has 0 saturated carbocycles. The van der Waals surface area contributed by atoms with Crippen LogP contribution < -0.4 is 5.32 Å². The second-order valence-corrected chi connectivity index (χ2v) is 5.22. The molecular formula is C13H9ClN2OS. The van der Waals surface area contributed by atoms with Gasteiger partial charge in [-0.25, -0.2) is 4.98 Å². The Balaban J connectivity index is 1.93. The molecule has 0 aliphatic rings. The third kappa shape index (κ3) is 2.12. The third-order valence-electron chi connectivity index (χ3n) is 2.49. The molecule has 3 aromatic rings. The Hall–Kier alpha value is -1.78. The highest BCUT2D eigenvalue weighted by atomic mass is 35.5. The molecule has 0 unspecified atom stereocenters. The topological polar surface area (TPSA) is 45.1 Å². The number of rotatable bonds is 2. The van der Waals surface area contributed by atoms with E-state index in [4.69, 9.17) is 11.6 Å². The summed E-state index contributed by atoms with van der Waals surface area (Å²) < 4.78 is 1.12. The Labute approximate surface area is 113 Å². The second-order valence-electron chi connectivity index (χ2n) is 3.78. The average molecular weight is 277 g/mol. The van der Waals surface area contributed by atoms with Gasteiger partial charge in [-0.2, -0.15) is 0 Å². The number of fused-ring (bicyclic) bond motifs is 1. The van der Waals surface area contributed by atoms with E-state index in [1.54, 1.807) is 29.5 Å². The molecule has 0 bridgehead atoms. The monoisotopic (exact) mass is 276 g/mol. The fourth-order valence-electron chi connectivity index (χ4n) is 1.64. The first-order chi connectivity index (χ1) is 8.72. The highest BCUT2D eigenvalue weighted by molar-refractivity contribution is 7.22. The standard InChI is InChI=1S/C13H9ClN2OS/c14-9-6-5-8(7-11(9)17)15-13-16-10-3-1-2-4-12(10)18-13/h1-7,17H,(H,15,16). The maximum Gasteiger partial charge on any atom is 0.188 e. The van der Waals surface area contributed by atoms with Crippen LogP contribution in [0.25, 0.3) is 10.2 Å². The van der Waals surface area contributed by atoms with Gasteiger partial charge in [-0.3, -0.25) is 0 Å². The number of aromatic nitrogens is 1. The van der Waals surface area contributed by atoms with Gasteiger partial charge in [-0.1, -0.05) is 35.1 Å². The van der Waals surface area contributed by atoms with Crippen LogP contribution in [0, 0.1) is 0 Å². The molecule has 1 heterocycles. The van der Waals surface area contributed by atoms with Crippen molar-refractivity contribution in [1.82, 2.24) is 4.98 Å². The van der Waals surface area contributed by atoms with E-state index in [1.807, 2.05) is 24.3 Å². The lowest BCUT2D eigenvalue weighted by atomic mass is 10.3. The van der Waals surface area contributed by atoms with Crippen molar-refractivity contribution < 1.29 is 5.11 Å². The molecule has 0 fully saturated rings. The first-order valence-electron chi connectivity index (χ1n) is 5.33. The summed E-state index contributed by atoms with van der Waals surface area (Å²) >= 11 is 7.32. The Morgan fingerprint density at radius 2 is 2.00 bits per heavy atom. The molecule has 0 atom stereocenters. The number of hydrogen-bond acceptors (Lipinski definition) is 4. The predicted molar refractivity (Wildman–Crippen MR) is 76.0 cm³/mol. The molecule has 90 valence electrons. The smallest absolute Gasteiger partial charge is 0.188 e. The van der Waals surface area contributed by atoms with Gasteiger partial charge in [0.05, 0.1) is 15.2 Å². The minimum absolute atomic E-state index is 0.0581. The molecule has 0 aliphatic heterocycles. The van der Waals surface area contributed by atoms with Crippen LogP contribution in [0.5, 0.6) is 5.75 Å². The van der Waals surface area contributed by atoms with Crippen LogP contribution in [-0.4, -0.2) is 10.1 Å². The van der Waals surface area contributed by atoms with E-state index >= 15 is 0 Å². The summed E-state index contributed by atoms with van der Waals surface area (Å²) in [5.74, 6) is 0.0581. The van der Waals surface area contributed by atoms with Crippen molar-refractivity contribution >= 4 is 44.0 Å². The Morgan fingerprint density at radius 1 is 1.17 bits per heavy atom. The van der Waals surface area contributed by atoms with Crippen molar-refractivity contribution in [3.05, 3.63) is 47.5 Å². The summed E-state index contributed by atoms with van der Waals surface area (Å²) in [5.41, 5.74) is 1.72. The number of aromatic hydroxyl groups is 1. The molecule has 3 rings (SSSR count). The van der Waals surface area contributed by atoms with Gasteiger partial charge < -0.3 is 10.4 Å². The van der Waals surface area contributed by atoms with Gasteiger partial charge in [-0.15, -0.1) is 0 Å². The van der Waals surface area contributed by atoms with Crippen molar-refractivity contribution in [3.8, 4) is 5.75 Å². The summed E-state index contributed by atoms with van der Waals surface area (Å²) in [7, 11) is 0. The number of phenolic OH excluding ortho intramolecular Hbond substituents is 1. The highest BCUT2D eigenvalue weighted by Gasteiger charge is 2.05. The molecule has 2 N–H and O–H groups in total. The van der Waals surface area contributed by atoms with Crippen LogP contribution in [0.2, 0.25) is 5.02 Å². The molecule has 0 spiro atoms. The molecule has 0 amide bonds. The molecule has 18 heavy (non-hydrogen) atoms. The van der Waals surface area contributed by atoms with Gasteiger partial charge in [-0.05, 0) is 24.3 Å². The first-order valence-corrected chi connectivity index (χ1v) is 6.53. The van der Waals surface area contributed by atoms with Crippen molar-refractivity contribution in [3.63, 3.8) is 0 Å². The number of phenols is 1. The van der Waals surface area contributed by atoms with Crippen molar-refractivity contribution in [2.45, 2.75) is 0 Å². The van der Waals surface area contributed by atoms with Crippen molar-refractivity contribution in [2.75, 3.05) is 5.32 Å². The Morgan fingerprint density at radius 3 is 2.78 bits per heavy atom. The number of para-hydroxylation sites is 1. The molecule has 3 nitrogen and oxygen atoms in total. The quantitative estimate of drug-likeness (QED) is 0.729. The third-order valence-corrected chi connectivity index (χ3v) is 3.76. The molecule has 2 aromatic carbocycles. The normalized spacial score (nSPS) is 10.7. The minimum atomic E-state index is 0.0581. The molecule has 0 radical (unpaired) electrons. The van der Waals surface area contributed by atoms with E-state index in [-0.39, 0.29) is 5.75 Å². The fraction of sp³-hybridized carbons (Fsp3) is 0. The highest BCUT2D eigenvalue weighted by Crippen LogP contribution is 2.31. The van der Waals surface area contributed by atoms with Crippen LogP contribution in [0.4, 0.5) is 10.8 Å². The molecule has 1 aromatic heterocycles. The summed E-state index contributed by atoms with van der Waals surface area (Å²) in [4.78, 5) is 4.45. The Bertz CT molecular complexity index is 678. The number of hydrogen-bond donors (Lipinski definition) is 2. The summed E-state index contributed by atoms with van der Waals surface area (Å²) in [6.07, 6.45) is 0. The summed E-state index contributed by atoms with van der Waals surface area (Å²) in [6.45, 7) is 0. The van der Waals surface area contributed by atoms with E-state index in [0.717, 1.165) is 21.0 Å². The van der Waals surface area contributed by atoms with Crippen LogP contribution in [0.1, 0.15) is 0 Å². The van der Waals surface area contributed by atoms with Crippen molar-refractivity contribution in [2.24, 2.45) is 0 Å². The predicted octanol–water partition coefficient (Wildman–Crippen LogP) is 4.40. The van der Waals surface area contributed by atoms with Crippen molar-refractivity contribution in [1.29, 1.82) is 0 Å².